The Morgan fingerprint density at radius 1 is 0.500 bits per heavy atom. The van der Waals surface area contributed by atoms with Gasteiger partial charge in [-0.2, -0.15) is 0 Å². The second-order valence-corrected chi connectivity index (χ2v) is 8.35. The first-order valence-electron chi connectivity index (χ1n) is 10.8. The predicted molar refractivity (Wildman–Crippen MR) is 130 cm³/mol. The molecule has 0 heteroatoms. The van der Waals surface area contributed by atoms with Gasteiger partial charge in [0.2, 0.25) is 0 Å². The molecule has 0 amide bonds. The van der Waals surface area contributed by atoms with Gasteiger partial charge in [0.25, 0.3) is 0 Å². The van der Waals surface area contributed by atoms with Crippen molar-refractivity contribution in [2.75, 3.05) is 0 Å². The summed E-state index contributed by atoms with van der Waals surface area (Å²) in [6, 6.07) is 33.8. The van der Waals surface area contributed by atoms with E-state index in [1.54, 1.807) is 0 Å². The van der Waals surface area contributed by atoms with Gasteiger partial charge in [-0.25, -0.2) is 0 Å². The lowest BCUT2D eigenvalue weighted by molar-refractivity contribution is 1.17. The molecule has 140 valence electrons. The van der Waals surface area contributed by atoms with E-state index in [0.717, 1.165) is 6.42 Å². The van der Waals surface area contributed by atoms with E-state index in [9.17, 15) is 0 Å². The molecule has 0 aliphatic heterocycles. The van der Waals surface area contributed by atoms with E-state index in [2.05, 4.69) is 97.9 Å². The SMILES string of the molecule is CCc1c2c(cc3c4ccccc4c4ccccc4c13)-c1cccc3cccc-2c13. The number of rotatable bonds is 1. The topological polar surface area (TPSA) is 0 Å². The smallest absolute Gasteiger partial charge is 0.00263 e. The summed E-state index contributed by atoms with van der Waals surface area (Å²) in [5.41, 5.74) is 7.10. The molecule has 0 atom stereocenters. The fourth-order valence-electron chi connectivity index (χ4n) is 5.80. The van der Waals surface area contributed by atoms with Gasteiger partial charge in [0.1, 0.15) is 0 Å². The molecule has 1 aliphatic rings. The van der Waals surface area contributed by atoms with Crippen LogP contribution in [0, 0.1) is 0 Å². The molecular formula is C30H20. The quantitative estimate of drug-likeness (QED) is 0.250. The van der Waals surface area contributed by atoms with Crippen molar-refractivity contribution in [1.82, 2.24) is 0 Å². The van der Waals surface area contributed by atoms with Crippen LogP contribution in [-0.2, 0) is 6.42 Å². The van der Waals surface area contributed by atoms with Crippen LogP contribution in [0.3, 0.4) is 0 Å². The van der Waals surface area contributed by atoms with Crippen LogP contribution in [0.2, 0.25) is 0 Å². The molecule has 0 nitrogen and oxygen atoms in total. The maximum absolute atomic E-state index is 2.47. The van der Waals surface area contributed by atoms with E-state index in [-0.39, 0.29) is 0 Å². The van der Waals surface area contributed by atoms with E-state index < -0.39 is 0 Å². The van der Waals surface area contributed by atoms with Crippen molar-refractivity contribution >= 4 is 43.1 Å². The van der Waals surface area contributed by atoms with E-state index in [1.807, 2.05) is 0 Å². The average Bonchev–Trinajstić information content (AvgIpc) is 3.13. The van der Waals surface area contributed by atoms with Crippen molar-refractivity contribution < 1.29 is 0 Å². The molecule has 0 fully saturated rings. The summed E-state index contributed by atoms with van der Waals surface area (Å²) in [5, 5.41) is 11.0. The van der Waals surface area contributed by atoms with E-state index >= 15 is 0 Å². The highest BCUT2D eigenvalue weighted by Gasteiger charge is 2.26. The Hall–Kier alpha value is -3.64. The van der Waals surface area contributed by atoms with Crippen LogP contribution < -0.4 is 0 Å². The summed E-state index contributed by atoms with van der Waals surface area (Å²) in [5.74, 6) is 0. The van der Waals surface area contributed by atoms with Crippen LogP contribution in [0.5, 0.6) is 0 Å². The maximum atomic E-state index is 2.47. The van der Waals surface area contributed by atoms with Crippen LogP contribution in [0.4, 0.5) is 0 Å². The Morgan fingerprint density at radius 2 is 1.10 bits per heavy atom. The molecule has 1 aliphatic carbocycles. The summed E-state index contributed by atoms with van der Waals surface area (Å²) in [4.78, 5) is 0. The third-order valence-electron chi connectivity index (χ3n) is 6.95. The number of fused-ring (bicyclic) bond motifs is 9. The Labute approximate surface area is 175 Å². The van der Waals surface area contributed by atoms with Crippen molar-refractivity contribution in [2.45, 2.75) is 13.3 Å². The first-order chi connectivity index (χ1) is 14.9. The fourth-order valence-corrected chi connectivity index (χ4v) is 5.80. The van der Waals surface area contributed by atoms with Gasteiger partial charge in [0.05, 0.1) is 0 Å². The molecule has 7 rings (SSSR count). The second kappa shape index (κ2) is 5.70. The minimum absolute atomic E-state index is 1.02. The number of benzene rings is 6. The summed E-state index contributed by atoms with van der Waals surface area (Å²) in [7, 11) is 0. The maximum Gasteiger partial charge on any atom is -0.00263 e. The lowest BCUT2D eigenvalue weighted by atomic mass is 9.85. The zero-order valence-electron chi connectivity index (χ0n) is 16.9. The molecule has 0 saturated heterocycles. The highest BCUT2D eigenvalue weighted by Crippen LogP contribution is 2.52. The van der Waals surface area contributed by atoms with Gasteiger partial charge in [-0.15, -0.1) is 0 Å². The Morgan fingerprint density at radius 3 is 1.80 bits per heavy atom. The Balaban J connectivity index is 1.81. The van der Waals surface area contributed by atoms with Crippen molar-refractivity contribution in [3.8, 4) is 22.3 Å². The van der Waals surface area contributed by atoms with Gasteiger partial charge in [0.15, 0.2) is 0 Å². The first kappa shape index (κ1) is 16.2. The fraction of sp³-hybridized carbons (Fsp3) is 0.0667. The van der Waals surface area contributed by atoms with Gasteiger partial charge >= 0.3 is 0 Å². The largest absolute Gasteiger partial charge is 0.0616 e. The van der Waals surface area contributed by atoms with Gasteiger partial charge in [-0.1, -0.05) is 91.9 Å². The average molecular weight is 380 g/mol. The molecule has 6 aromatic rings. The second-order valence-electron chi connectivity index (χ2n) is 8.35. The molecular weight excluding hydrogens is 360 g/mol. The van der Waals surface area contributed by atoms with Crippen molar-refractivity contribution in [3.05, 3.63) is 96.6 Å². The van der Waals surface area contributed by atoms with Crippen LogP contribution >= 0.6 is 0 Å². The Bertz CT molecular complexity index is 1660. The van der Waals surface area contributed by atoms with Gasteiger partial charge < -0.3 is 0 Å². The molecule has 0 radical (unpaired) electrons. The van der Waals surface area contributed by atoms with Crippen LogP contribution in [0.15, 0.2) is 91.0 Å². The zero-order valence-corrected chi connectivity index (χ0v) is 16.9. The summed E-state index contributed by atoms with van der Waals surface area (Å²) < 4.78 is 0. The molecule has 0 bridgehead atoms. The van der Waals surface area contributed by atoms with Crippen molar-refractivity contribution in [1.29, 1.82) is 0 Å². The standard InChI is InChI=1S/C30H20/c1-2-19-29-23-14-6-5-12-21(23)20-11-3-4-13-22(20)26(29)17-27-24-15-7-9-18-10-8-16-25(28(18)24)30(19)27/h3-17H,2H2,1H3. The van der Waals surface area contributed by atoms with E-state index in [0.29, 0.717) is 0 Å². The van der Waals surface area contributed by atoms with Gasteiger partial charge in [0, 0.05) is 0 Å². The molecule has 0 saturated carbocycles. The molecule has 0 heterocycles. The molecule has 6 aromatic carbocycles. The van der Waals surface area contributed by atoms with Crippen molar-refractivity contribution in [3.63, 3.8) is 0 Å². The molecule has 0 unspecified atom stereocenters. The number of hydrogen-bond acceptors (Lipinski definition) is 0. The molecule has 0 aromatic heterocycles. The third-order valence-corrected chi connectivity index (χ3v) is 6.95. The van der Waals surface area contributed by atoms with Crippen LogP contribution in [-0.4, -0.2) is 0 Å². The highest BCUT2D eigenvalue weighted by molar-refractivity contribution is 6.29. The number of hydrogen-bond donors (Lipinski definition) is 0. The molecule has 0 N–H and O–H groups in total. The summed E-state index contributed by atoms with van der Waals surface area (Å²) in [6.07, 6.45) is 1.02. The third kappa shape index (κ3) is 1.87. The van der Waals surface area contributed by atoms with Gasteiger partial charge in [-0.3, -0.25) is 0 Å². The zero-order chi connectivity index (χ0) is 19.8. The first-order valence-corrected chi connectivity index (χ1v) is 10.8. The summed E-state index contributed by atoms with van der Waals surface area (Å²) >= 11 is 0. The molecule has 0 spiro atoms. The summed E-state index contributed by atoms with van der Waals surface area (Å²) in [6.45, 7) is 2.31. The van der Waals surface area contributed by atoms with Crippen LogP contribution in [0.1, 0.15) is 12.5 Å². The van der Waals surface area contributed by atoms with E-state index in [4.69, 9.17) is 0 Å². The highest BCUT2D eigenvalue weighted by atomic mass is 14.3. The van der Waals surface area contributed by atoms with E-state index in [1.165, 1.54) is 70.9 Å². The predicted octanol–water partition coefficient (Wildman–Crippen LogP) is 8.51. The van der Waals surface area contributed by atoms with Crippen LogP contribution in [0.25, 0.3) is 65.3 Å². The minimum atomic E-state index is 1.02. The molecule has 30 heavy (non-hydrogen) atoms. The minimum Gasteiger partial charge on any atom is -0.0616 e. The Kier molecular flexibility index (Phi) is 3.08. The normalized spacial score (nSPS) is 12.3. The lowest BCUT2D eigenvalue weighted by Crippen LogP contribution is -1.93. The number of aryl methyl sites for hydroxylation is 1. The monoisotopic (exact) mass is 380 g/mol. The van der Waals surface area contributed by atoms with Crippen molar-refractivity contribution in [2.24, 2.45) is 0 Å². The van der Waals surface area contributed by atoms with Gasteiger partial charge in [-0.05, 0) is 83.4 Å². The lowest BCUT2D eigenvalue weighted by Gasteiger charge is -2.18.